The van der Waals surface area contributed by atoms with Crippen molar-refractivity contribution >= 4 is 10.0 Å². The molecule has 4 nitrogen and oxygen atoms in total. The monoisotopic (exact) mass is 322 g/mol. The number of hydrogen-bond acceptors (Lipinski definition) is 3. The van der Waals surface area contributed by atoms with Crippen molar-refractivity contribution < 1.29 is 21.6 Å². The lowest BCUT2D eigenvalue weighted by Crippen LogP contribution is -2.34. The normalized spacial score (nSPS) is 21.1. The molecule has 1 aromatic rings. The lowest BCUT2D eigenvalue weighted by molar-refractivity contribution is -0.137. The summed E-state index contributed by atoms with van der Waals surface area (Å²) in [5.74, 6) is 0. The number of benzene rings is 1. The molecule has 1 saturated heterocycles. The van der Waals surface area contributed by atoms with Gasteiger partial charge in [0.2, 0.25) is 10.0 Å². The maximum atomic E-state index is 12.7. The van der Waals surface area contributed by atoms with Gasteiger partial charge in [0.25, 0.3) is 0 Å². The van der Waals surface area contributed by atoms with Crippen molar-refractivity contribution in [1.29, 1.82) is 0 Å². The molecule has 0 aliphatic carbocycles. The maximum absolute atomic E-state index is 12.7. The van der Waals surface area contributed by atoms with E-state index in [0.717, 1.165) is 12.1 Å². The summed E-state index contributed by atoms with van der Waals surface area (Å²) >= 11 is 0. The highest BCUT2D eigenvalue weighted by molar-refractivity contribution is 7.89. The second-order valence-corrected chi connectivity index (χ2v) is 7.23. The summed E-state index contributed by atoms with van der Waals surface area (Å²) in [4.78, 5) is 1.61. The third-order valence-corrected chi connectivity index (χ3v) is 5.52. The molecule has 0 saturated carbocycles. The van der Waals surface area contributed by atoms with Crippen molar-refractivity contribution in [1.82, 2.24) is 9.21 Å². The minimum absolute atomic E-state index is 0.0885. The fourth-order valence-corrected chi connectivity index (χ4v) is 3.87. The van der Waals surface area contributed by atoms with Gasteiger partial charge in [-0.3, -0.25) is 0 Å². The Morgan fingerprint density at radius 2 is 1.95 bits per heavy atom. The molecule has 1 unspecified atom stereocenters. The van der Waals surface area contributed by atoms with Gasteiger partial charge in [-0.2, -0.15) is 17.5 Å². The summed E-state index contributed by atoms with van der Waals surface area (Å²) in [5.41, 5.74) is -0.952. The molecule has 2 rings (SSSR count). The molecule has 0 N–H and O–H groups in total. The van der Waals surface area contributed by atoms with E-state index in [1.807, 2.05) is 19.0 Å². The molecule has 1 fully saturated rings. The number of rotatable bonds is 3. The predicted octanol–water partition coefficient (Wildman–Crippen LogP) is 2.03. The predicted molar refractivity (Wildman–Crippen MR) is 72.3 cm³/mol. The molecule has 1 aromatic carbocycles. The molecule has 1 heterocycles. The molecule has 118 valence electrons. The topological polar surface area (TPSA) is 40.6 Å². The van der Waals surface area contributed by atoms with Gasteiger partial charge in [-0.25, -0.2) is 8.42 Å². The van der Waals surface area contributed by atoms with Crippen LogP contribution in [0.15, 0.2) is 29.2 Å². The van der Waals surface area contributed by atoms with Gasteiger partial charge in [-0.15, -0.1) is 0 Å². The van der Waals surface area contributed by atoms with Crippen LogP contribution in [-0.4, -0.2) is 50.8 Å². The highest BCUT2D eigenvalue weighted by Gasteiger charge is 2.36. The summed E-state index contributed by atoms with van der Waals surface area (Å²) in [7, 11) is -0.177. The molecule has 8 heteroatoms. The summed E-state index contributed by atoms with van der Waals surface area (Å²) in [5, 5.41) is 0. The van der Waals surface area contributed by atoms with Gasteiger partial charge in [0.05, 0.1) is 10.5 Å². The summed E-state index contributed by atoms with van der Waals surface area (Å²) < 4.78 is 64.1. The third kappa shape index (κ3) is 3.38. The van der Waals surface area contributed by atoms with E-state index in [9.17, 15) is 21.6 Å². The first kappa shape index (κ1) is 16.3. The quantitative estimate of drug-likeness (QED) is 0.855. The SMILES string of the molecule is CN(C)C1CCN(S(=O)(=O)c2cccc(C(F)(F)F)c2)C1. The average Bonchev–Trinajstić information content (AvgIpc) is 2.88. The Bertz CT molecular complexity index is 614. The van der Waals surface area contributed by atoms with Crippen LogP contribution in [0.25, 0.3) is 0 Å². The number of sulfonamides is 1. The van der Waals surface area contributed by atoms with Gasteiger partial charge in [-0.1, -0.05) is 6.07 Å². The molecule has 0 amide bonds. The van der Waals surface area contributed by atoms with Crippen molar-refractivity contribution in [2.45, 2.75) is 23.5 Å². The van der Waals surface area contributed by atoms with Crippen molar-refractivity contribution in [3.63, 3.8) is 0 Å². The zero-order valence-electron chi connectivity index (χ0n) is 11.8. The maximum Gasteiger partial charge on any atom is 0.416 e. The molecule has 1 aliphatic rings. The third-order valence-electron chi connectivity index (χ3n) is 3.66. The van der Waals surface area contributed by atoms with Crippen LogP contribution >= 0.6 is 0 Å². The van der Waals surface area contributed by atoms with Gasteiger partial charge in [0.1, 0.15) is 0 Å². The molecular weight excluding hydrogens is 305 g/mol. The Hall–Kier alpha value is -1.12. The van der Waals surface area contributed by atoms with Crippen LogP contribution < -0.4 is 0 Å². The molecular formula is C13H17F3N2O2S. The second-order valence-electron chi connectivity index (χ2n) is 5.29. The van der Waals surface area contributed by atoms with Crippen LogP contribution in [0.4, 0.5) is 13.2 Å². The smallest absolute Gasteiger partial charge is 0.305 e. The van der Waals surface area contributed by atoms with E-state index >= 15 is 0 Å². The Balaban J connectivity index is 2.29. The first-order chi connectivity index (χ1) is 9.62. The van der Waals surface area contributed by atoms with Gasteiger partial charge in [0.15, 0.2) is 0 Å². The summed E-state index contributed by atoms with van der Waals surface area (Å²) in [6.45, 7) is 0.618. The molecule has 0 bridgehead atoms. The first-order valence-corrected chi connectivity index (χ1v) is 7.90. The number of likely N-dealkylation sites (N-methyl/N-ethyl adjacent to an activating group) is 1. The van der Waals surface area contributed by atoms with Crippen LogP contribution in [0.1, 0.15) is 12.0 Å². The summed E-state index contributed by atoms with van der Waals surface area (Å²) in [6.07, 6.45) is -3.88. The van der Waals surface area contributed by atoms with Crippen molar-refractivity contribution in [3.05, 3.63) is 29.8 Å². The second kappa shape index (κ2) is 5.58. The fraction of sp³-hybridized carbons (Fsp3) is 0.538. The highest BCUT2D eigenvalue weighted by Crippen LogP contribution is 2.31. The molecule has 0 aromatic heterocycles. The Kier molecular flexibility index (Phi) is 4.32. The number of halogens is 3. The molecule has 1 aliphatic heterocycles. The van der Waals surface area contributed by atoms with E-state index < -0.39 is 21.8 Å². The van der Waals surface area contributed by atoms with Crippen LogP contribution in [0.5, 0.6) is 0 Å². The van der Waals surface area contributed by atoms with Crippen LogP contribution in [0.2, 0.25) is 0 Å². The standard InChI is InChI=1S/C13H17F3N2O2S/c1-17(2)11-6-7-18(9-11)21(19,20)12-5-3-4-10(8-12)13(14,15)16/h3-5,8,11H,6-7,9H2,1-2H3. The zero-order valence-corrected chi connectivity index (χ0v) is 12.6. The molecule has 0 spiro atoms. The van der Waals surface area contributed by atoms with Gasteiger partial charge >= 0.3 is 6.18 Å². The molecule has 1 atom stereocenters. The van der Waals surface area contributed by atoms with E-state index in [4.69, 9.17) is 0 Å². The van der Waals surface area contributed by atoms with Crippen molar-refractivity contribution in [3.8, 4) is 0 Å². The van der Waals surface area contributed by atoms with Gasteiger partial charge in [-0.05, 0) is 38.7 Å². The Morgan fingerprint density at radius 3 is 2.48 bits per heavy atom. The van der Waals surface area contributed by atoms with Crippen molar-refractivity contribution in [2.24, 2.45) is 0 Å². The molecule has 0 radical (unpaired) electrons. The van der Waals surface area contributed by atoms with Crippen LogP contribution in [0, 0.1) is 0 Å². The van der Waals surface area contributed by atoms with E-state index in [1.165, 1.54) is 10.4 Å². The lowest BCUT2D eigenvalue weighted by atomic mass is 10.2. The number of alkyl halides is 3. The van der Waals surface area contributed by atoms with E-state index in [1.54, 1.807) is 0 Å². The minimum Gasteiger partial charge on any atom is -0.305 e. The highest BCUT2D eigenvalue weighted by atomic mass is 32.2. The van der Waals surface area contributed by atoms with E-state index in [0.29, 0.717) is 25.6 Å². The largest absolute Gasteiger partial charge is 0.416 e. The minimum atomic E-state index is -4.55. The number of nitrogens with zero attached hydrogens (tertiary/aromatic N) is 2. The van der Waals surface area contributed by atoms with Crippen molar-refractivity contribution in [2.75, 3.05) is 27.2 Å². The van der Waals surface area contributed by atoms with Gasteiger partial charge in [0, 0.05) is 19.1 Å². The fourth-order valence-electron chi connectivity index (χ4n) is 2.33. The zero-order chi connectivity index (χ0) is 15.8. The van der Waals surface area contributed by atoms with Crippen LogP contribution in [-0.2, 0) is 16.2 Å². The molecule has 21 heavy (non-hydrogen) atoms. The van der Waals surface area contributed by atoms with Crippen LogP contribution in [0.3, 0.4) is 0 Å². The summed E-state index contributed by atoms with van der Waals surface area (Å²) in [6, 6.07) is 3.97. The Labute approximate surface area is 122 Å². The first-order valence-electron chi connectivity index (χ1n) is 6.46. The number of hydrogen-bond donors (Lipinski definition) is 0. The van der Waals surface area contributed by atoms with E-state index in [-0.39, 0.29) is 10.9 Å². The van der Waals surface area contributed by atoms with E-state index in [2.05, 4.69) is 0 Å². The average molecular weight is 322 g/mol. The Morgan fingerprint density at radius 1 is 1.29 bits per heavy atom. The lowest BCUT2D eigenvalue weighted by Gasteiger charge is -2.20. The van der Waals surface area contributed by atoms with Gasteiger partial charge < -0.3 is 4.90 Å².